The second-order valence-corrected chi connectivity index (χ2v) is 8.20. The maximum absolute atomic E-state index is 5.81. The van der Waals surface area contributed by atoms with Crippen molar-refractivity contribution < 1.29 is 4.74 Å². The van der Waals surface area contributed by atoms with Gasteiger partial charge in [0.1, 0.15) is 0 Å². The Balaban J connectivity index is 1.84. The van der Waals surface area contributed by atoms with Gasteiger partial charge in [-0.15, -0.1) is 0 Å². The van der Waals surface area contributed by atoms with Crippen LogP contribution in [0.2, 0.25) is 0 Å². The summed E-state index contributed by atoms with van der Waals surface area (Å²) in [6.45, 7) is 11.6. The van der Waals surface area contributed by atoms with Gasteiger partial charge in [-0.05, 0) is 68.7 Å². The first-order chi connectivity index (χ1) is 9.46. The van der Waals surface area contributed by atoms with Gasteiger partial charge < -0.3 is 10.1 Å². The van der Waals surface area contributed by atoms with E-state index in [-0.39, 0.29) is 0 Å². The summed E-state index contributed by atoms with van der Waals surface area (Å²) in [6.07, 6.45) is 10.0. The van der Waals surface area contributed by atoms with Crippen LogP contribution in [0.15, 0.2) is 0 Å². The van der Waals surface area contributed by atoms with Crippen molar-refractivity contribution in [3.8, 4) is 0 Å². The molecule has 1 heterocycles. The molecule has 3 atom stereocenters. The molecule has 2 fully saturated rings. The zero-order valence-electron chi connectivity index (χ0n) is 14.1. The topological polar surface area (TPSA) is 21.3 Å². The van der Waals surface area contributed by atoms with Crippen LogP contribution in [0.25, 0.3) is 0 Å². The van der Waals surface area contributed by atoms with Gasteiger partial charge in [-0.3, -0.25) is 0 Å². The molecule has 0 aromatic rings. The van der Waals surface area contributed by atoms with Gasteiger partial charge in [-0.2, -0.15) is 0 Å². The summed E-state index contributed by atoms with van der Waals surface area (Å²) in [7, 11) is 0. The third-order valence-electron chi connectivity index (χ3n) is 5.35. The minimum absolute atomic E-state index is 0.551. The molecule has 2 nitrogen and oxygen atoms in total. The summed E-state index contributed by atoms with van der Waals surface area (Å²) >= 11 is 0. The van der Waals surface area contributed by atoms with E-state index >= 15 is 0 Å². The van der Waals surface area contributed by atoms with Crippen molar-refractivity contribution in [3.05, 3.63) is 0 Å². The molecule has 3 unspecified atom stereocenters. The van der Waals surface area contributed by atoms with Gasteiger partial charge in [0.2, 0.25) is 0 Å². The highest BCUT2D eigenvalue weighted by Crippen LogP contribution is 2.44. The van der Waals surface area contributed by atoms with E-state index in [0.717, 1.165) is 18.4 Å². The first-order valence-electron chi connectivity index (χ1n) is 8.81. The third kappa shape index (κ3) is 5.04. The predicted molar refractivity (Wildman–Crippen MR) is 86.0 cm³/mol. The Hall–Kier alpha value is -0.0800. The first kappa shape index (κ1) is 16.3. The molecule has 2 rings (SSSR count). The zero-order chi connectivity index (χ0) is 14.6. The van der Waals surface area contributed by atoms with Crippen LogP contribution in [-0.4, -0.2) is 25.3 Å². The standard InChI is InChI=1S/C18H35NO/c1-14(2)19-13-16-9-10-18(3,4)12-15(16)7-8-17-6-5-11-20-17/h14-17,19H,5-13H2,1-4H3. The monoisotopic (exact) mass is 281 g/mol. The Morgan fingerprint density at radius 3 is 2.60 bits per heavy atom. The van der Waals surface area contributed by atoms with Gasteiger partial charge >= 0.3 is 0 Å². The Labute approximate surface area is 126 Å². The summed E-state index contributed by atoms with van der Waals surface area (Å²) in [5, 5.41) is 3.67. The molecule has 0 aromatic heterocycles. The molecule has 0 bridgehead atoms. The van der Waals surface area contributed by atoms with Crippen molar-refractivity contribution in [2.75, 3.05) is 13.2 Å². The molecule has 1 aliphatic carbocycles. The van der Waals surface area contributed by atoms with Crippen LogP contribution in [0.4, 0.5) is 0 Å². The molecule has 1 aliphatic heterocycles. The highest BCUT2D eigenvalue weighted by atomic mass is 16.5. The fraction of sp³-hybridized carbons (Fsp3) is 1.00. The molecular formula is C18H35NO. The molecule has 0 amide bonds. The van der Waals surface area contributed by atoms with E-state index in [1.54, 1.807) is 0 Å². The third-order valence-corrected chi connectivity index (χ3v) is 5.35. The molecule has 1 saturated heterocycles. The van der Waals surface area contributed by atoms with Crippen LogP contribution in [0.5, 0.6) is 0 Å². The Morgan fingerprint density at radius 1 is 1.15 bits per heavy atom. The van der Waals surface area contributed by atoms with Gasteiger partial charge in [0.15, 0.2) is 0 Å². The van der Waals surface area contributed by atoms with Gasteiger partial charge in [-0.25, -0.2) is 0 Å². The van der Waals surface area contributed by atoms with Crippen LogP contribution in [0, 0.1) is 17.3 Å². The van der Waals surface area contributed by atoms with E-state index in [2.05, 4.69) is 33.0 Å². The van der Waals surface area contributed by atoms with Crippen LogP contribution < -0.4 is 5.32 Å². The SMILES string of the molecule is CC(C)NCC1CCC(C)(C)CC1CCC1CCCO1. The molecule has 0 radical (unpaired) electrons. The summed E-state index contributed by atoms with van der Waals surface area (Å²) in [4.78, 5) is 0. The summed E-state index contributed by atoms with van der Waals surface area (Å²) in [5.41, 5.74) is 0.551. The lowest BCUT2D eigenvalue weighted by Crippen LogP contribution is -2.38. The molecule has 20 heavy (non-hydrogen) atoms. The number of ether oxygens (including phenoxy) is 1. The van der Waals surface area contributed by atoms with Crippen molar-refractivity contribution in [1.82, 2.24) is 5.32 Å². The normalized spacial score (nSPS) is 33.8. The minimum atomic E-state index is 0.551. The minimum Gasteiger partial charge on any atom is -0.378 e. The fourth-order valence-electron chi connectivity index (χ4n) is 4.06. The fourth-order valence-corrected chi connectivity index (χ4v) is 4.06. The number of hydrogen-bond donors (Lipinski definition) is 1. The number of hydrogen-bond acceptors (Lipinski definition) is 2. The van der Waals surface area contributed by atoms with Crippen LogP contribution in [-0.2, 0) is 4.74 Å². The highest BCUT2D eigenvalue weighted by Gasteiger charge is 2.34. The molecule has 2 heteroatoms. The average molecular weight is 281 g/mol. The zero-order valence-corrected chi connectivity index (χ0v) is 14.1. The van der Waals surface area contributed by atoms with Crippen molar-refractivity contribution in [2.45, 2.75) is 84.8 Å². The van der Waals surface area contributed by atoms with E-state index in [4.69, 9.17) is 4.74 Å². The Morgan fingerprint density at radius 2 is 1.95 bits per heavy atom. The maximum atomic E-state index is 5.81. The number of nitrogens with one attached hydrogen (secondary N) is 1. The van der Waals surface area contributed by atoms with Crippen molar-refractivity contribution >= 4 is 0 Å². The smallest absolute Gasteiger partial charge is 0.0576 e. The van der Waals surface area contributed by atoms with Crippen LogP contribution in [0.1, 0.15) is 72.6 Å². The molecule has 1 N–H and O–H groups in total. The summed E-state index contributed by atoms with van der Waals surface area (Å²) < 4.78 is 5.81. The maximum Gasteiger partial charge on any atom is 0.0576 e. The van der Waals surface area contributed by atoms with E-state index in [9.17, 15) is 0 Å². The molecule has 0 spiro atoms. The van der Waals surface area contributed by atoms with E-state index in [1.807, 2.05) is 0 Å². The van der Waals surface area contributed by atoms with E-state index < -0.39 is 0 Å². The lowest BCUT2D eigenvalue weighted by atomic mass is 9.65. The van der Waals surface area contributed by atoms with Crippen molar-refractivity contribution in [3.63, 3.8) is 0 Å². The van der Waals surface area contributed by atoms with Crippen molar-refractivity contribution in [1.29, 1.82) is 0 Å². The molecule has 118 valence electrons. The van der Waals surface area contributed by atoms with E-state index in [1.165, 1.54) is 51.5 Å². The molecule has 1 saturated carbocycles. The second-order valence-electron chi connectivity index (χ2n) is 8.20. The van der Waals surface area contributed by atoms with Gasteiger partial charge in [0, 0.05) is 12.6 Å². The highest BCUT2D eigenvalue weighted by molar-refractivity contribution is 4.87. The largest absolute Gasteiger partial charge is 0.378 e. The van der Waals surface area contributed by atoms with Gasteiger partial charge in [0.25, 0.3) is 0 Å². The predicted octanol–water partition coefficient (Wildman–Crippen LogP) is 4.39. The van der Waals surface area contributed by atoms with E-state index in [0.29, 0.717) is 17.6 Å². The lowest BCUT2D eigenvalue weighted by Gasteiger charge is -2.41. The molecular weight excluding hydrogens is 246 g/mol. The Kier molecular flexibility index (Phi) is 5.92. The quantitative estimate of drug-likeness (QED) is 0.780. The van der Waals surface area contributed by atoms with Crippen LogP contribution >= 0.6 is 0 Å². The molecule has 2 aliphatic rings. The first-order valence-corrected chi connectivity index (χ1v) is 8.81. The summed E-state index contributed by atoms with van der Waals surface area (Å²) in [5.74, 6) is 1.78. The van der Waals surface area contributed by atoms with Gasteiger partial charge in [0.05, 0.1) is 6.10 Å². The number of rotatable bonds is 6. The lowest BCUT2D eigenvalue weighted by molar-refractivity contribution is 0.0697. The molecule has 0 aromatic carbocycles. The average Bonchev–Trinajstić information content (AvgIpc) is 2.87. The Bertz CT molecular complexity index is 279. The van der Waals surface area contributed by atoms with Crippen molar-refractivity contribution in [2.24, 2.45) is 17.3 Å². The summed E-state index contributed by atoms with van der Waals surface area (Å²) in [6, 6.07) is 0.615. The van der Waals surface area contributed by atoms with Crippen LogP contribution in [0.3, 0.4) is 0 Å². The second kappa shape index (κ2) is 7.26. The van der Waals surface area contributed by atoms with Gasteiger partial charge in [-0.1, -0.05) is 27.7 Å².